The number of thioether (sulfide) groups is 1. The lowest BCUT2D eigenvalue weighted by Crippen LogP contribution is -2.26. The Bertz CT molecular complexity index is 340. The maximum Gasteiger partial charge on any atom is 0.221 e. The van der Waals surface area contributed by atoms with Crippen LogP contribution in [0.1, 0.15) is 13.3 Å². The molecule has 1 unspecified atom stereocenters. The third kappa shape index (κ3) is 4.10. The van der Waals surface area contributed by atoms with Crippen molar-refractivity contribution in [3.8, 4) is 0 Å². The summed E-state index contributed by atoms with van der Waals surface area (Å²) in [5.41, 5.74) is 0.939. The SMILES string of the molecule is CNC(=O)CC(C)Nc1ccc(SC)nc1. The Balaban J connectivity index is 2.49. The van der Waals surface area contributed by atoms with E-state index in [1.165, 1.54) is 0 Å². The average molecular weight is 239 g/mol. The molecule has 1 aromatic rings. The Kier molecular flexibility index (Phi) is 5.11. The zero-order valence-electron chi connectivity index (χ0n) is 9.78. The van der Waals surface area contributed by atoms with Crippen LogP contribution in [0.25, 0.3) is 0 Å². The fraction of sp³-hybridized carbons (Fsp3) is 0.455. The maximum atomic E-state index is 11.1. The molecule has 0 spiro atoms. The number of amides is 1. The van der Waals surface area contributed by atoms with Gasteiger partial charge in [-0.3, -0.25) is 4.79 Å². The zero-order chi connectivity index (χ0) is 12.0. The van der Waals surface area contributed by atoms with E-state index in [9.17, 15) is 4.79 Å². The van der Waals surface area contributed by atoms with E-state index in [0.29, 0.717) is 6.42 Å². The van der Waals surface area contributed by atoms with Gasteiger partial charge in [0.25, 0.3) is 0 Å². The summed E-state index contributed by atoms with van der Waals surface area (Å²) >= 11 is 1.61. The smallest absolute Gasteiger partial charge is 0.221 e. The number of anilines is 1. The number of carbonyl (C=O) groups excluding carboxylic acids is 1. The van der Waals surface area contributed by atoms with Gasteiger partial charge in [-0.15, -0.1) is 11.8 Å². The van der Waals surface area contributed by atoms with Crippen LogP contribution < -0.4 is 10.6 Å². The van der Waals surface area contributed by atoms with Gasteiger partial charge in [0, 0.05) is 19.5 Å². The lowest BCUT2D eigenvalue weighted by atomic mass is 10.2. The summed E-state index contributed by atoms with van der Waals surface area (Å²) in [5.74, 6) is 0.0358. The van der Waals surface area contributed by atoms with E-state index < -0.39 is 0 Å². The number of rotatable bonds is 5. The highest BCUT2D eigenvalue weighted by Gasteiger charge is 2.07. The topological polar surface area (TPSA) is 54.0 Å². The number of nitrogens with one attached hydrogen (secondary N) is 2. The van der Waals surface area contributed by atoms with Crippen LogP contribution in [-0.4, -0.2) is 30.2 Å². The summed E-state index contributed by atoms with van der Waals surface area (Å²) in [6.07, 6.45) is 4.23. The van der Waals surface area contributed by atoms with Crippen LogP contribution in [0.5, 0.6) is 0 Å². The molecular formula is C11H17N3OS. The Morgan fingerprint density at radius 2 is 2.31 bits per heavy atom. The van der Waals surface area contributed by atoms with Crippen molar-refractivity contribution in [2.75, 3.05) is 18.6 Å². The number of hydrogen-bond donors (Lipinski definition) is 2. The molecule has 1 aromatic heterocycles. The molecule has 16 heavy (non-hydrogen) atoms. The van der Waals surface area contributed by atoms with Crippen molar-refractivity contribution in [3.05, 3.63) is 18.3 Å². The highest BCUT2D eigenvalue weighted by molar-refractivity contribution is 7.98. The van der Waals surface area contributed by atoms with Crippen LogP contribution in [0.15, 0.2) is 23.4 Å². The van der Waals surface area contributed by atoms with Gasteiger partial charge in [0.1, 0.15) is 0 Å². The van der Waals surface area contributed by atoms with E-state index in [4.69, 9.17) is 0 Å². The number of hydrogen-bond acceptors (Lipinski definition) is 4. The monoisotopic (exact) mass is 239 g/mol. The molecule has 4 nitrogen and oxygen atoms in total. The molecule has 1 atom stereocenters. The lowest BCUT2D eigenvalue weighted by molar-refractivity contribution is -0.120. The molecule has 2 N–H and O–H groups in total. The molecule has 88 valence electrons. The van der Waals surface area contributed by atoms with Crippen molar-refractivity contribution in [1.29, 1.82) is 0 Å². The molecule has 0 aliphatic carbocycles. The van der Waals surface area contributed by atoms with E-state index >= 15 is 0 Å². The first-order chi connectivity index (χ1) is 7.65. The van der Waals surface area contributed by atoms with Gasteiger partial charge in [0.05, 0.1) is 16.9 Å². The summed E-state index contributed by atoms with van der Waals surface area (Å²) < 4.78 is 0. The largest absolute Gasteiger partial charge is 0.381 e. The molecule has 1 amide bonds. The Morgan fingerprint density at radius 3 is 2.81 bits per heavy atom. The molecule has 0 bridgehead atoms. The average Bonchev–Trinajstić information content (AvgIpc) is 2.29. The predicted molar refractivity (Wildman–Crippen MR) is 67.8 cm³/mol. The summed E-state index contributed by atoms with van der Waals surface area (Å²) in [7, 11) is 1.64. The molecule has 1 rings (SSSR count). The van der Waals surface area contributed by atoms with E-state index in [1.807, 2.05) is 25.3 Å². The summed E-state index contributed by atoms with van der Waals surface area (Å²) in [4.78, 5) is 15.4. The van der Waals surface area contributed by atoms with Gasteiger partial charge in [-0.25, -0.2) is 4.98 Å². The second-order valence-electron chi connectivity index (χ2n) is 3.51. The van der Waals surface area contributed by atoms with Crippen molar-refractivity contribution >= 4 is 23.4 Å². The van der Waals surface area contributed by atoms with Gasteiger partial charge < -0.3 is 10.6 Å². The van der Waals surface area contributed by atoms with Gasteiger partial charge in [-0.05, 0) is 25.3 Å². The van der Waals surface area contributed by atoms with Gasteiger partial charge in [0.2, 0.25) is 5.91 Å². The van der Waals surface area contributed by atoms with Gasteiger partial charge in [-0.1, -0.05) is 0 Å². The summed E-state index contributed by atoms with van der Waals surface area (Å²) in [5, 5.41) is 6.82. The number of aromatic nitrogens is 1. The van der Waals surface area contributed by atoms with Crippen LogP contribution in [0.3, 0.4) is 0 Å². The standard InChI is InChI=1S/C11H17N3OS/c1-8(6-10(15)12-2)14-9-4-5-11(16-3)13-7-9/h4-5,7-8,14H,6H2,1-3H3,(H,12,15). The van der Waals surface area contributed by atoms with Crippen molar-refractivity contribution < 1.29 is 4.79 Å². The molecule has 0 aliphatic rings. The highest BCUT2D eigenvalue weighted by Crippen LogP contribution is 2.14. The van der Waals surface area contributed by atoms with Crippen LogP contribution in [0, 0.1) is 0 Å². The van der Waals surface area contributed by atoms with E-state index in [0.717, 1.165) is 10.7 Å². The molecule has 0 aliphatic heterocycles. The van der Waals surface area contributed by atoms with Crippen LogP contribution in [0.4, 0.5) is 5.69 Å². The van der Waals surface area contributed by atoms with Crippen LogP contribution in [0.2, 0.25) is 0 Å². The van der Waals surface area contributed by atoms with Crippen LogP contribution >= 0.6 is 11.8 Å². The zero-order valence-corrected chi connectivity index (χ0v) is 10.6. The fourth-order valence-electron chi connectivity index (χ4n) is 1.30. The third-order valence-corrected chi connectivity index (χ3v) is 2.79. The second-order valence-corrected chi connectivity index (χ2v) is 4.34. The fourth-order valence-corrected chi connectivity index (χ4v) is 1.66. The maximum absolute atomic E-state index is 11.1. The molecule has 0 fully saturated rings. The van der Waals surface area contributed by atoms with Crippen molar-refractivity contribution in [3.63, 3.8) is 0 Å². The van der Waals surface area contributed by atoms with E-state index in [2.05, 4.69) is 15.6 Å². The quantitative estimate of drug-likeness (QED) is 0.769. The summed E-state index contributed by atoms with van der Waals surface area (Å²) in [6.45, 7) is 1.97. The minimum absolute atomic E-state index is 0.0358. The first kappa shape index (κ1) is 12.8. The number of pyridine rings is 1. The molecule has 0 saturated heterocycles. The first-order valence-corrected chi connectivity index (χ1v) is 6.35. The van der Waals surface area contributed by atoms with Gasteiger partial charge in [-0.2, -0.15) is 0 Å². The van der Waals surface area contributed by atoms with Gasteiger partial charge >= 0.3 is 0 Å². The molecule has 0 aromatic carbocycles. The predicted octanol–water partition coefficient (Wildman–Crippen LogP) is 1.74. The number of carbonyl (C=O) groups is 1. The minimum atomic E-state index is 0.0358. The highest BCUT2D eigenvalue weighted by atomic mass is 32.2. The third-order valence-electron chi connectivity index (χ3n) is 2.13. The molecule has 0 saturated carbocycles. The lowest BCUT2D eigenvalue weighted by Gasteiger charge is -2.14. The van der Waals surface area contributed by atoms with Crippen molar-refractivity contribution in [2.45, 2.75) is 24.4 Å². The van der Waals surface area contributed by atoms with Crippen molar-refractivity contribution in [2.24, 2.45) is 0 Å². The Hall–Kier alpha value is -1.23. The molecule has 0 radical (unpaired) electrons. The van der Waals surface area contributed by atoms with Crippen LogP contribution in [-0.2, 0) is 4.79 Å². The second kappa shape index (κ2) is 6.37. The van der Waals surface area contributed by atoms with Gasteiger partial charge in [0.15, 0.2) is 0 Å². The number of nitrogens with zero attached hydrogens (tertiary/aromatic N) is 1. The minimum Gasteiger partial charge on any atom is -0.381 e. The van der Waals surface area contributed by atoms with E-state index in [-0.39, 0.29) is 11.9 Å². The summed E-state index contributed by atoms with van der Waals surface area (Å²) in [6, 6.07) is 4.03. The van der Waals surface area contributed by atoms with E-state index in [1.54, 1.807) is 25.0 Å². The Labute approximate surface area is 100 Å². The molecular weight excluding hydrogens is 222 g/mol. The normalized spacial score (nSPS) is 11.9. The first-order valence-electron chi connectivity index (χ1n) is 5.13. The molecule has 5 heteroatoms. The van der Waals surface area contributed by atoms with Crippen molar-refractivity contribution in [1.82, 2.24) is 10.3 Å². The Morgan fingerprint density at radius 1 is 1.56 bits per heavy atom. The molecule has 1 heterocycles.